The first kappa shape index (κ1) is 21.2. The highest BCUT2D eigenvalue weighted by molar-refractivity contribution is 5.95. The van der Waals surface area contributed by atoms with Crippen molar-refractivity contribution in [3.63, 3.8) is 0 Å². The van der Waals surface area contributed by atoms with Crippen molar-refractivity contribution in [3.8, 4) is 17.2 Å². The van der Waals surface area contributed by atoms with Gasteiger partial charge in [0.2, 0.25) is 0 Å². The number of pyridine rings is 1. The third kappa shape index (κ3) is 4.81. The summed E-state index contributed by atoms with van der Waals surface area (Å²) in [4.78, 5) is 15.9. The lowest BCUT2D eigenvalue weighted by Crippen LogP contribution is -2.03. The lowest BCUT2D eigenvalue weighted by Gasteiger charge is -2.15. The molecule has 0 amide bonds. The number of nitrogens with zero attached hydrogens (tertiary/aromatic N) is 1. The second-order valence-electron chi connectivity index (χ2n) is 7.35. The van der Waals surface area contributed by atoms with Crippen LogP contribution in [0.5, 0.6) is 17.2 Å². The van der Waals surface area contributed by atoms with Crippen LogP contribution in [-0.2, 0) is 11.4 Å². The second kappa shape index (κ2) is 9.39. The maximum atomic E-state index is 11.4. The van der Waals surface area contributed by atoms with Crippen LogP contribution in [0.2, 0.25) is 0 Å². The first-order valence-corrected chi connectivity index (χ1v) is 10.2. The summed E-state index contributed by atoms with van der Waals surface area (Å²) in [6.07, 6.45) is 1.74. The topological polar surface area (TPSA) is 69.7 Å². The minimum absolute atomic E-state index is 0.354. The van der Waals surface area contributed by atoms with Crippen LogP contribution in [0.25, 0.3) is 10.9 Å². The summed E-state index contributed by atoms with van der Waals surface area (Å²) in [6, 6.07) is 21.3. The number of nitrogens with one attached hydrogen (secondary N) is 1. The lowest BCUT2D eigenvalue weighted by atomic mass is 10.1. The van der Waals surface area contributed by atoms with Crippen molar-refractivity contribution in [1.82, 2.24) is 4.98 Å². The minimum Gasteiger partial charge on any atom is -0.493 e. The number of esters is 1. The van der Waals surface area contributed by atoms with E-state index in [2.05, 4.69) is 10.3 Å². The molecular formula is C26H24N2O4. The molecule has 162 valence electrons. The van der Waals surface area contributed by atoms with Crippen LogP contribution < -0.4 is 19.5 Å². The van der Waals surface area contributed by atoms with Gasteiger partial charge in [-0.1, -0.05) is 36.4 Å². The van der Waals surface area contributed by atoms with Crippen molar-refractivity contribution in [2.45, 2.75) is 20.5 Å². The zero-order chi connectivity index (χ0) is 22.5. The summed E-state index contributed by atoms with van der Waals surface area (Å²) >= 11 is 0. The van der Waals surface area contributed by atoms with E-state index in [1.54, 1.807) is 19.4 Å². The van der Waals surface area contributed by atoms with Gasteiger partial charge in [0.15, 0.2) is 11.5 Å². The van der Waals surface area contributed by atoms with Crippen molar-refractivity contribution in [2.75, 3.05) is 12.4 Å². The monoisotopic (exact) mass is 428 g/mol. The average Bonchev–Trinajstić information content (AvgIpc) is 2.80. The summed E-state index contributed by atoms with van der Waals surface area (Å²) < 4.78 is 16.9. The van der Waals surface area contributed by atoms with Crippen molar-refractivity contribution in [3.05, 3.63) is 84.1 Å². The number of benzene rings is 3. The lowest BCUT2D eigenvalue weighted by molar-refractivity contribution is -0.131. The molecule has 6 heteroatoms. The molecule has 0 bridgehead atoms. The Bertz CT molecular complexity index is 1260. The van der Waals surface area contributed by atoms with Crippen molar-refractivity contribution in [1.29, 1.82) is 0 Å². The van der Waals surface area contributed by atoms with Gasteiger partial charge >= 0.3 is 5.97 Å². The zero-order valence-electron chi connectivity index (χ0n) is 18.2. The number of ether oxygens (including phenoxy) is 3. The van der Waals surface area contributed by atoms with Crippen LogP contribution in [0.15, 0.2) is 72.9 Å². The predicted octanol–water partition coefficient (Wildman–Crippen LogP) is 5.80. The van der Waals surface area contributed by atoms with E-state index in [9.17, 15) is 4.79 Å². The number of carbonyl (C=O) groups is 1. The van der Waals surface area contributed by atoms with E-state index in [4.69, 9.17) is 14.2 Å². The number of anilines is 2. The van der Waals surface area contributed by atoms with Crippen LogP contribution >= 0.6 is 0 Å². The van der Waals surface area contributed by atoms with Gasteiger partial charge in [0, 0.05) is 42.0 Å². The van der Waals surface area contributed by atoms with Crippen LogP contribution in [0.4, 0.5) is 11.4 Å². The normalized spacial score (nSPS) is 10.6. The van der Waals surface area contributed by atoms with Gasteiger partial charge in [0.05, 0.1) is 12.6 Å². The standard InChI is InChI=1S/C26H24N2O4/c1-17-9-10-20(13-24(17)32-18(2)29)28-22-11-12-27-23-15-26(25(30-3)14-21(22)23)31-16-19-7-5-4-6-8-19/h4-15H,16H2,1-3H3,(H,27,28). The van der Waals surface area contributed by atoms with Crippen molar-refractivity contribution in [2.24, 2.45) is 0 Å². The molecule has 0 saturated heterocycles. The summed E-state index contributed by atoms with van der Waals surface area (Å²) in [5.41, 5.74) is 4.36. The zero-order valence-corrected chi connectivity index (χ0v) is 18.2. The van der Waals surface area contributed by atoms with Gasteiger partial charge in [0.1, 0.15) is 12.4 Å². The van der Waals surface area contributed by atoms with Gasteiger partial charge in [0.25, 0.3) is 0 Å². The fourth-order valence-corrected chi connectivity index (χ4v) is 3.37. The van der Waals surface area contributed by atoms with E-state index in [1.807, 2.05) is 67.6 Å². The van der Waals surface area contributed by atoms with Crippen molar-refractivity contribution < 1.29 is 19.0 Å². The fraction of sp³-hybridized carbons (Fsp3) is 0.154. The number of aryl methyl sites for hydroxylation is 1. The van der Waals surface area contributed by atoms with Crippen LogP contribution in [0.3, 0.4) is 0 Å². The van der Waals surface area contributed by atoms with Gasteiger partial charge < -0.3 is 19.5 Å². The summed E-state index contributed by atoms with van der Waals surface area (Å²) in [5.74, 6) is 1.41. The Labute approximate surface area is 186 Å². The Morgan fingerprint density at radius 1 is 0.969 bits per heavy atom. The number of carbonyl (C=O) groups excluding carboxylic acids is 1. The molecule has 1 N–H and O–H groups in total. The largest absolute Gasteiger partial charge is 0.493 e. The Morgan fingerprint density at radius 2 is 1.78 bits per heavy atom. The maximum Gasteiger partial charge on any atom is 0.308 e. The van der Waals surface area contributed by atoms with Gasteiger partial charge in [-0.05, 0) is 36.2 Å². The van der Waals surface area contributed by atoms with Gasteiger partial charge in [-0.15, -0.1) is 0 Å². The van der Waals surface area contributed by atoms with E-state index in [-0.39, 0.29) is 5.97 Å². The summed E-state index contributed by atoms with van der Waals surface area (Å²) in [7, 11) is 1.62. The van der Waals surface area contributed by atoms with Crippen LogP contribution in [0, 0.1) is 6.92 Å². The molecule has 0 aliphatic rings. The first-order valence-electron chi connectivity index (χ1n) is 10.2. The van der Waals surface area contributed by atoms with Gasteiger partial charge in [-0.3, -0.25) is 9.78 Å². The van der Waals surface area contributed by atoms with Crippen molar-refractivity contribution >= 4 is 28.2 Å². The molecule has 0 aliphatic carbocycles. The second-order valence-corrected chi connectivity index (χ2v) is 7.35. The Kier molecular flexibility index (Phi) is 6.22. The molecule has 4 aromatic rings. The molecule has 1 heterocycles. The Balaban J connectivity index is 1.64. The number of fused-ring (bicyclic) bond motifs is 1. The number of rotatable bonds is 7. The molecule has 32 heavy (non-hydrogen) atoms. The fourth-order valence-electron chi connectivity index (χ4n) is 3.37. The van der Waals surface area contributed by atoms with E-state index in [0.29, 0.717) is 23.9 Å². The molecule has 1 aromatic heterocycles. The smallest absolute Gasteiger partial charge is 0.308 e. The van der Waals surface area contributed by atoms with E-state index in [1.165, 1.54) is 6.92 Å². The van der Waals surface area contributed by atoms with E-state index < -0.39 is 0 Å². The molecular weight excluding hydrogens is 404 g/mol. The van der Waals surface area contributed by atoms with Gasteiger partial charge in [-0.2, -0.15) is 0 Å². The average molecular weight is 428 g/mol. The number of hydrogen-bond donors (Lipinski definition) is 1. The SMILES string of the molecule is COc1cc2c(Nc3ccc(C)c(OC(C)=O)c3)ccnc2cc1OCc1ccccc1. The quantitative estimate of drug-likeness (QED) is 0.296. The Hall–Kier alpha value is -4.06. The molecule has 0 radical (unpaired) electrons. The Morgan fingerprint density at radius 3 is 2.53 bits per heavy atom. The number of aromatic nitrogens is 1. The molecule has 0 fully saturated rings. The molecule has 0 unspecified atom stereocenters. The highest BCUT2D eigenvalue weighted by Crippen LogP contribution is 2.36. The van der Waals surface area contributed by atoms with Crippen LogP contribution in [-0.4, -0.2) is 18.1 Å². The summed E-state index contributed by atoms with van der Waals surface area (Å²) in [6.45, 7) is 3.72. The maximum absolute atomic E-state index is 11.4. The molecule has 0 saturated carbocycles. The number of hydrogen-bond acceptors (Lipinski definition) is 6. The molecule has 3 aromatic carbocycles. The van der Waals surface area contributed by atoms with E-state index >= 15 is 0 Å². The van der Waals surface area contributed by atoms with Gasteiger partial charge in [-0.25, -0.2) is 0 Å². The highest BCUT2D eigenvalue weighted by atomic mass is 16.5. The third-order valence-electron chi connectivity index (χ3n) is 4.98. The molecule has 0 atom stereocenters. The summed E-state index contributed by atoms with van der Waals surface area (Å²) in [5, 5.41) is 4.27. The molecule has 6 nitrogen and oxygen atoms in total. The predicted molar refractivity (Wildman–Crippen MR) is 125 cm³/mol. The molecule has 0 spiro atoms. The van der Waals surface area contributed by atoms with Crippen LogP contribution in [0.1, 0.15) is 18.1 Å². The first-order chi connectivity index (χ1) is 15.5. The molecule has 4 rings (SSSR count). The van der Waals surface area contributed by atoms with E-state index in [0.717, 1.165) is 33.4 Å². The highest BCUT2D eigenvalue weighted by Gasteiger charge is 2.12. The third-order valence-corrected chi connectivity index (χ3v) is 4.98. The minimum atomic E-state index is -0.354. The number of methoxy groups -OCH3 is 1. The molecule has 0 aliphatic heterocycles.